The molecule has 0 saturated carbocycles. The van der Waals surface area contributed by atoms with Crippen LogP contribution in [0.25, 0.3) is 55.0 Å². The first kappa shape index (κ1) is 31.2. The number of aryl methyl sites for hydroxylation is 1. The number of benzene rings is 3. The summed E-state index contributed by atoms with van der Waals surface area (Å²) in [5, 5.41) is 2.56. The van der Waals surface area contributed by atoms with Crippen LogP contribution in [0.5, 0.6) is 0 Å². The number of nitrogens with one attached hydrogen (secondary N) is 3. The van der Waals surface area contributed by atoms with Gasteiger partial charge in [-0.05, 0) is 92.5 Å². The summed E-state index contributed by atoms with van der Waals surface area (Å²) in [6.07, 6.45) is 9.57. The Labute approximate surface area is 277 Å². The van der Waals surface area contributed by atoms with Crippen LogP contribution in [-0.2, 0) is 16.6 Å². The Hall–Kier alpha value is -4.81. The Morgan fingerprint density at radius 1 is 0.587 bits per heavy atom. The molecule has 3 aromatic carbocycles. The number of aromatic amines is 3. The second-order valence-electron chi connectivity index (χ2n) is 10.5. The normalized spacial score (nSPS) is 13.1. The summed E-state index contributed by atoms with van der Waals surface area (Å²) in [4.78, 5) is 32.2. The summed E-state index contributed by atoms with van der Waals surface area (Å²) in [5.74, 6) is -1.35. The maximum Gasteiger partial charge on any atom is 0.268 e. The number of nitrogens with zero attached hydrogens (tertiary/aromatic N) is 2. The molecule has 5 heterocycles. The quantitative estimate of drug-likeness (QED) is 0.154. The van der Waals surface area contributed by atoms with Gasteiger partial charge in [-0.25, -0.2) is 13.2 Å². The number of imide groups is 1. The highest BCUT2D eigenvalue weighted by Crippen LogP contribution is 2.40. The van der Waals surface area contributed by atoms with Gasteiger partial charge in [0.2, 0.25) is 0 Å². The van der Waals surface area contributed by atoms with Crippen LogP contribution in [0.1, 0.15) is 0 Å². The lowest BCUT2D eigenvalue weighted by atomic mass is 9.98. The Morgan fingerprint density at radius 2 is 1.04 bits per heavy atom. The number of rotatable bonds is 2. The number of hydrogen-bond acceptors (Lipinski definition) is 2. The van der Waals surface area contributed by atoms with Gasteiger partial charge in [-0.3, -0.25) is 14.5 Å². The highest BCUT2D eigenvalue weighted by Gasteiger charge is 2.32. The largest absolute Gasteiger partial charge is 0.361 e. The number of carbonyl (C=O) groups excluding carboxylic acids is 2. The zero-order chi connectivity index (χ0) is 32.7. The highest BCUT2D eigenvalue weighted by atomic mass is 79.9. The van der Waals surface area contributed by atoms with E-state index in [-0.39, 0.29) is 29.3 Å². The smallest absolute Gasteiger partial charge is 0.268 e. The van der Waals surface area contributed by atoms with Crippen molar-refractivity contribution in [3.63, 3.8) is 0 Å². The van der Waals surface area contributed by atoms with Gasteiger partial charge in [-0.2, -0.15) is 0 Å². The van der Waals surface area contributed by atoms with E-state index in [4.69, 9.17) is 0 Å². The molecule has 0 aliphatic carbocycles. The molecule has 0 atom stereocenters. The van der Waals surface area contributed by atoms with Gasteiger partial charge in [0.15, 0.2) is 0 Å². The summed E-state index contributed by atoms with van der Waals surface area (Å²) in [6.45, 7) is 0. The first-order chi connectivity index (χ1) is 22.0. The fraction of sp³-hybridized carbons (Fsp3) is 0.0588. The molecule has 0 radical (unpaired) electrons. The predicted octanol–water partition coefficient (Wildman–Crippen LogP) is 8.89. The van der Waals surface area contributed by atoms with E-state index in [1.54, 1.807) is 24.4 Å². The van der Waals surface area contributed by atoms with E-state index >= 15 is 0 Å². The van der Waals surface area contributed by atoms with E-state index in [1.807, 2.05) is 42.5 Å². The number of amides is 2. The fourth-order valence-electron chi connectivity index (χ4n) is 5.24. The van der Waals surface area contributed by atoms with Crippen LogP contribution < -0.4 is 0 Å². The van der Waals surface area contributed by atoms with Crippen molar-refractivity contribution in [3.05, 3.63) is 118 Å². The third-order valence-electron chi connectivity index (χ3n) is 7.52. The van der Waals surface area contributed by atoms with E-state index in [0.29, 0.717) is 8.96 Å². The molecule has 0 fully saturated rings. The number of aromatic nitrogens is 4. The van der Waals surface area contributed by atoms with Gasteiger partial charge >= 0.3 is 0 Å². The third kappa shape index (κ3) is 5.93. The summed E-state index contributed by atoms with van der Waals surface area (Å²) < 4.78 is 42.6. The fourth-order valence-corrected chi connectivity index (χ4v) is 6.11. The number of hydrogen-bond donors (Lipinski definition) is 3. The monoisotopic (exact) mass is 749 g/mol. The Balaban J connectivity index is 0.000000152. The Bertz CT molecular complexity index is 2190. The van der Waals surface area contributed by atoms with Crippen molar-refractivity contribution < 1.29 is 22.8 Å². The van der Waals surface area contributed by atoms with Crippen LogP contribution >= 0.6 is 31.9 Å². The molecule has 4 aromatic heterocycles. The molecular weight excluding hydrogens is 727 g/mol. The molecule has 0 bridgehead atoms. The van der Waals surface area contributed by atoms with E-state index < -0.39 is 0 Å². The number of likely N-dealkylation sites (N-methyl/N-ethyl adjacent to an activating group) is 1. The lowest BCUT2D eigenvalue weighted by Crippen LogP contribution is -2.25. The van der Waals surface area contributed by atoms with Crippen molar-refractivity contribution in [2.75, 3.05) is 7.05 Å². The standard InChI is InChI=1S/C21H15F2N3.C8H6FN.C5H3Br2NO2/c1-26-10-18(16-8-24-20-4-2-12(22)6-14(16)20)19(11-26)17-9-25-21-5-3-13(23)7-15(17)21;9-7-1-2-8-6(5-7)3-4-10-8;1-8-4(9)2(6)3(7)5(8)10/h2-11,24-25H,1H3;1-5,10H;1H3. The van der Waals surface area contributed by atoms with Crippen LogP contribution in [0, 0.1) is 17.5 Å². The minimum Gasteiger partial charge on any atom is -0.361 e. The summed E-state index contributed by atoms with van der Waals surface area (Å²) in [5.41, 5.74) is 6.49. The number of halogens is 5. The first-order valence-corrected chi connectivity index (χ1v) is 15.4. The second-order valence-corrected chi connectivity index (χ2v) is 12.1. The zero-order valence-electron chi connectivity index (χ0n) is 24.3. The van der Waals surface area contributed by atoms with E-state index in [1.165, 1.54) is 43.4 Å². The third-order valence-corrected chi connectivity index (χ3v) is 9.52. The number of H-pyrrole nitrogens is 3. The van der Waals surface area contributed by atoms with Gasteiger partial charge in [-0.1, -0.05) is 0 Å². The van der Waals surface area contributed by atoms with Gasteiger partial charge in [0.25, 0.3) is 11.8 Å². The van der Waals surface area contributed by atoms with E-state index in [9.17, 15) is 22.8 Å². The van der Waals surface area contributed by atoms with E-state index in [0.717, 1.165) is 59.9 Å². The maximum absolute atomic E-state index is 13.8. The molecular formula is C34H24Br2F3N5O2. The van der Waals surface area contributed by atoms with Crippen molar-refractivity contribution in [3.8, 4) is 22.3 Å². The molecule has 0 unspecified atom stereocenters. The molecule has 7 nitrogen and oxygen atoms in total. The van der Waals surface area contributed by atoms with Crippen molar-refractivity contribution in [1.82, 2.24) is 24.4 Å². The molecule has 12 heteroatoms. The van der Waals surface area contributed by atoms with Crippen LogP contribution in [0.15, 0.2) is 101 Å². The SMILES string of the molecule is CN1C(=O)C(Br)=C(Br)C1=O.Cn1cc(-c2c[nH]c3ccc(F)cc23)c(-c2c[nH]c3ccc(F)cc23)c1.Fc1ccc2[nH]ccc2c1. The molecule has 0 spiro atoms. The molecule has 3 N–H and O–H groups in total. The average Bonchev–Trinajstić information content (AvgIpc) is 3.86. The van der Waals surface area contributed by atoms with Gasteiger partial charge < -0.3 is 19.5 Å². The van der Waals surface area contributed by atoms with Crippen LogP contribution in [0.3, 0.4) is 0 Å². The van der Waals surface area contributed by atoms with Crippen molar-refractivity contribution in [2.45, 2.75) is 0 Å². The molecule has 2 amide bonds. The minimum atomic E-state index is -0.308. The van der Waals surface area contributed by atoms with Gasteiger partial charge in [-0.15, -0.1) is 0 Å². The minimum absolute atomic E-state index is 0.188. The van der Waals surface area contributed by atoms with Crippen molar-refractivity contribution >= 4 is 76.4 Å². The summed E-state index contributed by atoms with van der Waals surface area (Å²) >= 11 is 5.94. The molecule has 232 valence electrons. The van der Waals surface area contributed by atoms with Crippen molar-refractivity contribution in [1.29, 1.82) is 0 Å². The molecule has 46 heavy (non-hydrogen) atoms. The second kappa shape index (κ2) is 12.5. The van der Waals surface area contributed by atoms with E-state index in [2.05, 4.69) is 46.8 Å². The van der Waals surface area contributed by atoms with Crippen LogP contribution in [0.4, 0.5) is 13.2 Å². The molecule has 0 saturated heterocycles. The molecule has 8 rings (SSSR count). The van der Waals surface area contributed by atoms with Gasteiger partial charge in [0.1, 0.15) is 26.4 Å². The first-order valence-electron chi connectivity index (χ1n) is 13.8. The van der Waals surface area contributed by atoms with Gasteiger partial charge in [0, 0.05) is 100 Å². The zero-order valence-corrected chi connectivity index (χ0v) is 27.4. The molecule has 1 aliphatic rings. The average molecular weight is 751 g/mol. The van der Waals surface area contributed by atoms with Crippen LogP contribution in [-0.4, -0.2) is 43.3 Å². The summed E-state index contributed by atoms with van der Waals surface area (Å²) in [6, 6.07) is 15.9. The molecule has 7 aromatic rings. The predicted molar refractivity (Wildman–Crippen MR) is 181 cm³/mol. The lowest BCUT2D eigenvalue weighted by molar-refractivity contribution is -0.135. The number of carbonyl (C=O) groups is 2. The highest BCUT2D eigenvalue weighted by molar-refractivity contribution is 9.14. The van der Waals surface area contributed by atoms with Gasteiger partial charge in [0.05, 0.1) is 0 Å². The van der Waals surface area contributed by atoms with Crippen LogP contribution in [0.2, 0.25) is 0 Å². The maximum atomic E-state index is 13.8. The topological polar surface area (TPSA) is 89.7 Å². The molecule has 1 aliphatic heterocycles. The van der Waals surface area contributed by atoms with Crippen molar-refractivity contribution in [2.24, 2.45) is 7.05 Å². The lowest BCUT2D eigenvalue weighted by Gasteiger charge is -2.03. The Morgan fingerprint density at radius 3 is 1.50 bits per heavy atom. The Kier molecular flexibility index (Phi) is 8.49. The summed E-state index contributed by atoms with van der Waals surface area (Å²) in [7, 11) is 3.37. The number of fused-ring (bicyclic) bond motifs is 3.